The van der Waals surface area contributed by atoms with Crippen molar-refractivity contribution in [3.63, 3.8) is 0 Å². The lowest BCUT2D eigenvalue weighted by Crippen LogP contribution is -2.00. The number of nitrogens with two attached hydrogens (primary N) is 1. The van der Waals surface area contributed by atoms with Crippen molar-refractivity contribution in [3.05, 3.63) is 28.5 Å². The highest BCUT2D eigenvalue weighted by molar-refractivity contribution is 6.31. The number of rotatable bonds is 1. The van der Waals surface area contributed by atoms with Gasteiger partial charge < -0.3 is 10.8 Å². The zero-order chi connectivity index (χ0) is 8.43. The fraction of sp³-hybridized carbons (Fsp3) is 0.143. The van der Waals surface area contributed by atoms with Crippen molar-refractivity contribution in [3.8, 4) is 5.75 Å². The second-order valence-corrected chi connectivity index (χ2v) is 2.50. The molecule has 0 spiro atoms. The minimum atomic E-state index is -0.572. The molecule has 0 saturated heterocycles. The molecule has 0 aliphatic heterocycles. The van der Waals surface area contributed by atoms with Crippen molar-refractivity contribution in [2.45, 2.75) is 6.54 Å². The van der Waals surface area contributed by atoms with Gasteiger partial charge in [-0.25, -0.2) is 4.39 Å². The van der Waals surface area contributed by atoms with Crippen LogP contribution in [0.5, 0.6) is 5.75 Å². The predicted octanol–water partition coefficient (Wildman–Crippen LogP) is 1.64. The van der Waals surface area contributed by atoms with E-state index in [-0.39, 0.29) is 22.9 Å². The van der Waals surface area contributed by atoms with E-state index in [0.717, 1.165) is 6.07 Å². The first-order valence-electron chi connectivity index (χ1n) is 3.02. The molecule has 1 aromatic carbocycles. The van der Waals surface area contributed by atoms with Gasteiger partial charge in [0.1, 0.15) is 11.6 Å². The maximum absolute atomic E-state index is 12.8. The number of hydrogen-bond donors (Lipinski definition) is 2. The largest absolute Gasteiger partial charge is 0.508 e. The molecule has 2 nitrogen and oxygen atoms in total. The fourth-order valence-electron chi connectivity index (χ4n) is 0.785. The normalized spacial score (nSPS) is 10.1. The van der Waals surface area contributed by atoms with E-state index in [1.165, 1.54) is 6.07 Å². The topological polar surface area (TPSA) is 46.2 Å². The Morgan fingerprint density at radius 1 is 1.55 bits per heavy atom. The highest BCUT2D eigenvalue weighted by Crippen LogP contribution is 2.24. The molecule has 4 heteroatoms. The number of phenols is 1. The van der Waals surface area contributed by atoms with Crippen LogP contribution >= 0.6 is 11.6 Å². The Kier molecular flexibility index (Phi) is 2.31. The van der Waals surface area contributed by atoms with Gasteiger partial charge in [-0.1, -0.05) is 11.6 Å². The molecule has 0 unspecified atom stereocenters. The van der Waals surface area contributed by atoms with Crippen LogP contribution in [0.25, 0.3) is 0 Å². The quantitative estimate of drug-likeness (QED) is 0.682. The lowest BCUT2D eigenvalue weighted by Gasteiger charge is -2.02. The SMILES string of the molecule is NCc1c(F)cc(O)cc1Cl. The molecule has 1 rings (SSSR count). The van der Waals surface area contributed by atoms with Gasteiger partial charge >= 0.3 is 0 Å². The molecular formula is C7H7ClFNO. The number of hydrogen-bond acceptors (Lipinski definition) is 2. The Labute approximate surface area is 68.4 Å². The van der Waals surface area contributed by atoms with Crippen LogP contribution in [0.4, 0.5) is 4.39 Å². The molecule has 0 heterocycles. The molecule has 0 aliphatic carbocycles. The molecule has 0 bridgehead atoms. The molecule has 0 amide bonds. The Morgan fingerprint density at radius 2 is 2.18 bits per heavy atom. The summed E-state index contributed by atoms with van der Waals surface area (Å²) in [5.74, 6) is -0.762. The Balaban J connectivity index is 3.25. The van der Waals surface area contributed by atoms with E-state index in [1.807, 2.05) is 0 Å². The van der Waals surface area contributed by atoms with Gasteiger partial charge in [0, 0.05) is 18.2 Å². The molecule has 3 N–H and O–H groups in total. The highest BCUT2D eigenvalue weighted by Gasteiger charge is 2.06. The fourth-order valence-corrected chi connectivity index (χ4v) is 1.06. The number of benzene rings is 1. The maximum atomic E-state index is 12.8. The smallest absolute Gasteiger partial charge is 0.132 e. The van der Waals surface area contributed by atoms with Crippen molar-refractivity contribution < 1.29 is 9.50 Å². The number of aromatic hydroxyl groups is 1. The van der Waals surface area contributed by atoms with Gasteiger partial charge in [0.05, 0.1) is 5.02 Å². The summed E-state index contributed by atoms with van der Waals surface area (Å²) in [6.07, 6.45) is 0. The Bertz CT molecular complexity index is 254. The summed E-state index contributed by atoms with van der Waals surface area (Å²) in [5, 5.41) is 9.01. The lowest BCUT2D eigenvalue weighted by molar-refractivity contribution is 0.468. The molecule has 0 fully saturated rings. The molecule has 0 saturated carbocycles. The van der Waals surface area contributed by atoms with Crippen molar-refractivity contribution in [1.82, 2.24) is 0 Å². The van der Waals surface area contributed by atoms with E-state index < -0.39 is 5.82 Å². The summed E-state index contributed by atoms with van der Waals surface area (Å²) in [5.41, 5.74) is 5.42. The van der Waals surface area contributed by atoms with Gasteiger partial charge in [-0.05, 0) is 6.07 Å². The first-order chi connectivity index (χ1) is 5.15. The van der Waals surface area contributed by atoms with E-state index in [2.05, 4.69) is 0 Å². The van der Waals surface area contributed by atoms with Crippen LogP contribution in [0, 0.1) is 5.82 Å². The summed E-state index contributed by atoms with van der Waals surface area (Å²) in [6, 6.07) is 2.24. The third-order valence-electron chi connectivity index (χ3n) is 1.33. The van der Waals surface area contributed by atoms with E-state index >= 15 is 0 Å². The summed E-state index contributed by atoms with van der Waals surface area (Å²) in [7, 11) is 0. The first-order valence-corrected chi connectivity index (χ1v) is 3.40. The van der Waals surface area contributed by atoms with Gasteiger partial charge in [-0.3, -0.25) is 0 Å². The summed E-state index contributed by atoms with van der Waals surface area (Å²) < 4.78 is 12.8. The Hall–Kier alpha value is -0.800. The molecular weight excluding hydrogens is 169 g/mol. The molecule has 0 atom stereocenters. The number of halogens is 2. The van der Waals surface area contributed by atoms with E-state index in [1.54, 1.807) is 0 Å². The zero-order valence-corrected chi connectivity index (χ0v) is 6.40. The Morgan fingerprint density at radius 3 is 2.64 bits per heavy atom. The monoisotopic (exact) mass is 175 g/mol. The molecule has 0 aliphatic rings. The molecule has 11 heavy (non-hydrogen) atoms. The number of phenolic OH excluding ortho intramolecular Hbond substituents is 1. The van der Waals surface area contributed by atoms with E-state index in [9.17, 15) is 4.39 Å². The average Bonchev–Trinajstić information content (AvgIpc) is 1.85. The molecule has 0 aromatic heterocycles. The third kappa shape index (κ3) is 1.61. The van der Waals surface area contributed by atoms with Gasteiger partial charge in [-0.15, -0.1) is 0 Å². The summed E-state index contributed by atoms with van der Waals surface area (Å²) in [6.45, 7) is 0.0327. The van der Waals surface area contributed by atoms with E-state index in [0.29, 0.717) is 0 Å². The maximum Gasteiger partial charge on any atom is 0.132 e. The molecule has 0 radical (unpaired) electrons. The van der Waals surface area contributed by atoms with Crippen LogP contribution < -0.4 is 5.73 Å². The molecule has 1 aromatic rings. The molecule has 60 valence electrons. The first kappa shape index (κ1) is 8.30. The third-order valence-corrected chi connectivity index (χ3v) is 1.67. The van der Waals surface area contributed by atoms with Crippen LogP contribution in [0.1, 0.15) is 5.56 Å². The van der Waals surface area contributed by atoms with E-state index in [4.69, 9.17) is 22.4 Å². The van der Waals surface area contributed by atoms with Gasteiger partial charge in [0.25, 0.3) is 0 Å². The second kappa shape index (κ2) is 3.07. The van der Waals surface area contributed by atoms with Crippen molar-refractivity contribution in [2.24, 2.45) is 5.73 Å². The standard InChI is InChI=1S/C7H7ClFNO/c8-6-1-4(11)2-7(9)5(6)3-10/h1-2,11H,3,10H2. The predicted molar refractivity (Wildman–Crippen MR) is 41.0 cm³/mol. The van der Waals surface area contributed by atoms with Crippen LogP contribution in [0.15, 0.2) is 12.1 Å². The van der Waals surface area contributed by atoms with Crippen molar-refractivity contribution >= 4 is 11.6 Å². The van der Waals surface area contributed by atoms with Gasteiger partial charge in [0.15, 0.2) is 0 Å². The minimum Gasteiger partial charge on any atom is -0.508 e. The van der Waals surface area contributed by atoms with Crippen LogP contribution in [0.2, 0.25) is 5.02 Å². The van der Waals surface area contributed by atoms with Gasteiger partial charge in [-0.2, -0.15) is 0 Å². The summed E-state index contributed by atoms with van der Waals surface area (Å²) >= 11 is 5.55. The average molecular weight is 176 g/mol. The highest BCUT2D eigenvalue weighted by atomic mass is 35.5. The second-order valence-electron chi connectivity index (χ2n) is 2.09. The minimum absolute atomic E-state index is 0.0327. The van der Waals surface area contributed by atoms with Crippen LogP contribution in [-0.2, 0) is 6.54 Å². The summed E-state index contributed by atoms with van der Waals surface area (Å²) in [4.78, 5) is 0. The van der Waals surface area contributed by atoms with Crippen molar-refractivity contribution in [1.29, 1.82) is 0 Å². The van der Waals surface area contributed by atoms with Crippen LogP contribution in [0.3, 0.4) is 0 Å². The zero-order valence-electron chi connectivity index (χ0n) is 5.64. The van der Waals surface area contributed by atoms with Gasteiger partial charge in [0.2, 0.25) is 0 Å². The van der Waals surface area contributed by atoms with Crippen LogP contribution in [-0.4, -0.2) is 5.11 Å². The lowest BCUT2D eigenvalue weighted by atomic mass is 10.2. The van der Waals surface area contributed by atoms with Crippen molar-refractivity contribution in [2.75, 3.05) is 0 Å².